The minimum absolute atomic E-state index is 0.493. The fraction of sp³-hybridized carbons (Fsp3) is 0.375. The zero-order valence-electron chi connectivity index (χ0n) is 11.7. The molecule has 1 aromatic heterocycles. The van der Waals surface area contributed by atoms with Gasteiger partial charge in [-0.05, 0) is 30.5 Å². The smallest absolute Gasteiger partial charge is 0.314 e. The Bertz CT molecular complexity index is 708. The minimum Gasteiger partial charge on any atom is -0.481 e. The molecule has 1 heterocycles. The molecule has 4 nitrogen and oxygen atoms in total. The molecular weight excluding hydrogens is 290 g/mol. The van der Waals surface area contributed by atoms with Gasteiger partial charge in [-0.2, -0.15) is 0 Å². The van der Waals surface area contributed by atoms with E-state index in [0.29, 0.717) is 34.8 Å². The number of carboxylic acids is 1. The summed E-state index contributed by atoms with van der Waals surface area (Å²) in [5, 5.41) is 11.0. The number of ether oxygens (including phenoxy) is 1. The van der Waals surface area contributed by atoms with Crippen LogP contribution >= 0.6 is 11.6 Å². The first-order valence-electron chi connectivity index (χ1n) is 6.95. The molecule has 21 heavy (non-hydrogen) atoms. The number of nitrogens with zero attached hydrogens (tertiary/aromatic N) is 1. The van der Waals surface area contributed by atoms with Crippen molar-refractivity contribution in [2.75, 3.05) is 7.11 Å². The summed E-state index contributed by atoms with van der Waals surface area (Å²) >= 11 is 6.51. The third-order valence-electron chi connectivity index (χ3n) is 4.37. The summed E-state index contributed by atoms with van der Waals surface area (Å²) in [4.78, 5) is 16.2. The van der Waals surface area contributed by atoms with E-state index in [1.54, 1.807) is 19.2 Å². The third kappa shape index (κ3) is 2.14. The van der Waals surface area contributed by atoms with Crippen molar-refractivity contribution in [3.05, 3.63) is 34.9 Å². The van der Waals surface area contributed by atoms with Gasteiger partial charge >= 0.3 is 5.97 Å². The number of pyridine rings is 1. The number of rotatable bonds is 3. The van der Waals surface area contributed by atoms with Crippen molar-refractivity contribution in [1.29, 1.82) is 0 Å². The summed E-state index contributed by atoms with van der Waals surface area (Å²) in [7, 11) is 1.56. The maximum absolute atomic E-state index is 11.8. The summed E-state index contributed by atoms with van der Waals surface area (Å²) < 4.78 is 5.10. The standard InChI is InChI=1S/C16H16ClNO3/c1-21-13-7-4-10-12(18-13)6-5-11(14(10)17)16(15(19)20)8-2-3-9-16/h4-7H,2-3,8-9H2,1H3,(H,19,20). The van der Waals surface area contributed by atoms with Crippen LogP contribution in [0.5, 0.6) is 5.88 Å². The van der Waals surface area contributed by atoms with Gasteiger partial charge in [0.15, 0.2) is 0 Å². The molecule has 1 aliphatic carbocycles. The van der Waals surface area contributed by atoms with Crippen LogP contribution in [0.3, 0.4) is 0 Å². The molecule has 5 heteroatoms. The fourth-order valence-electron chi connectivity index (χ4n) is 3.21. The molecular formula is C16H16ClNO3. The van der Waals surface area contributed by atoms with Crippen LogP contribution in [-0.2, 0) is 10.2 Å². The molecule has 1 saturated carbocycles. The van der Waals surface area contributed by atoms with Gasteiger partial charge in [-0.1, -0.05) is 30.5 Å². The van der Waals surface area contributed by atoms with E-state index in [1.807, 2.05) is 12.1 Å². The van der Waals surface area contributed by atoms with E-state index in [4.69, 9.17) is 16.3 Å². The van der Waals surface area contributed by atoms with Gasteiger partial charge in [0.05, 0.1) is 23.1 Å². The summed E-state index contributed by atoms with van der Waals surface area (Å²) in [5.74, 6) is -0.275. The van der Waals surface area contributed by atoms with Crippen molar-refractivity contribution >= 4 is 28.5 Å². The maximum atomic E-state index is 11.8. The Labute approximate surface area is 127 Å². The minimum atomic E-state index is -0.856. The first-order valence-corrected chi connectivity index (χ1v) is 7.33. The number of hydrogen-bond donors (Lipinski definition) is 1. The molecule has 0 aliphatic heterocycles. The van der Waals surface area contributed by atoms with E-state index in [9.17, 15) is 9.90 Å². The molecule has 3 rings (SSSR count). The molecule has 0 atom stereocenters. The predicted octanol–water partition coefficient (Wildman–Crippen LogP) is 3.79. The first-order chi connectivity index (χ1) is 10.1. The van der Waals surface area contributed by atoms with Gasteiger partial charge in [-0.25, -0.2) is 4.98 Å². The van der Waals surface area contributed by atoms with E-state index < -0.39 is 11.4 Å². The lowest BCUT2D eigenvalue weighted by Gasteiger charge is -2.26. The largest absolute Gasteiger partial charge is 0.481 e. The highest BCUT2D eigenvalue weighted by molar-refractivity contribution is 6.36. The highest BCUT2D eigenvalue weighted by atomic mass is 35.5. The quantitative estimate of drug-likeness (QED) is 0.937. The molecule has 0 amide bonds. The molecule has 0 radical (unpaired) electrons. The highest BCUT2D eigenvalue weighted by Crippen LogP contribution is 2.45. The van der Waals surface area contributed by atoms with Gasteiger partial charge in [0.2, 0.25) is 5.88 Å². The lowest BCUT2D eigenvalue weighted by molar-refractivity contribution is -0.143. The van der Waals surface area contributed by atoms with Crippen molar-refractivity contribution in [2.24, 2.45) is 0 Å². The Morgan fingerprint density at radius 2 is 2.00 bits per heavy atom. The zero-order chi connectivity index (χ0) is 15.0. The number of methoxy groups -OCH3 is 1. The van der Waals surface area contributed by atoms with Gasteiger partial charge in [0.1, 0.15) is 0 Å². The lowest BCUT2D eigenvalue weighted by atomic mass is 9.78. The lowest BCUT2D eigenvalue weighted by Crippen LogP contribution is -2.32. The second-order valence-electron chi connectivity index (χ2n) is 5.44. The number of aromatic nitrogens is 1. The average molecular weight is 306 g/mol. The molecule has 0 saturated heterocycles. The molecule has 0 spiro atoms. The van der Waals surface area contributed by atoms with E-state index in [1.165, 1.54) is 0 Å². The topological polar surface area (TPSA) is 59.4 Å². The van der Waals surface area contributed by atoms with E-state index in [2.05, 4.69) is 4.98 Å². The summed E-state index contributed by atoms with van der Waals surface area (Å²) in [6, 6.07) is 7.19. The van der Waals surface area contributed by atoms with Gasteiger partial charge < -0.3 is 9.84 Å². The number of carboxylic acid groups (broad SMARTS) is 1. The van der Waals surface area contributed by atoms with Crippen LogP contribution in [0.2, 0.25) is 5.02 Å². The van der Waals surface area contributed by atoms with Crippen LogP contribution in [0.1, 0.15) is 31.2 Å². The second kappa shape index (κ2) is 5.19. The van der Waals surface area contributed by atoms with Crippen molar-refractivity contribution in [3.63, 3.8) is 0 Å². The van der Waals surface area contributed by atoms with Gasteiger partial charge in [0, 0.05) is 11.5 Å². The number of aliphatic carboxylic acids is 1. The van der Waals surface area contributed by atoms with Gasteiger partial charge in [-0.3, -0.25) is 4.79 Å². The normalized spacial score (nSPS) is 17.0. The van der Waals surface area contributed by atoms with Crippen LogP contribution in [0, 0.1) is 0 Å². The Morgan fingerprint density at radius 3 is 2.62 bits per heavy atom. The molecule has 1 N–H and O–H groups in total. The van der Waals surface area contributed by atoms with E-state index in [-0.39, 0.29) is 0 Å². The number of carbonyl (C=O) groups is 1. The van der Waals surface area contributed by atoms with Crippen LogP contribution in [0.4, 0.5) is 0 Å². The van der Waals surface area contributed by atoms with Gasteiger partial charge in [0.25, 0.3) is 0 Å². The van der Waals surface area contributed by atoms with E-state index in [0.717, 1.165) is 18.2 Å². The van der Waals surface area contributed by atoms with Crippen molar-refractivity contribution in [2.45, 2.75) is 31.1 Å². The molecule has 1 aliphatic rings. The Balaban J connectivity index is 2.20. The molecule has 110 valence electrons. The van der Waals surface area contributed by atoms with Crippen LogP contribution < -0.4 is 4.74 Å². The van der Waals surface area contributed by atoms with Crippen LogP contribution in [0.15, 0.2) is 24.3 Å². The Kier molecular flexibility index (Phi) is 3.49. The van der Waals surface area contributed by atoms with Gasteiger partial charge in [-0.15, -0.1) is 0 Å². The second-order valence-corrected chi connectivity index (χ2v) is 5.82. The summed E-state index contributed by atoms with van der Waals surface area (Å²) in [5.41, 5.74) is 0.556. The molecule has 2 aromatic rings. The predicted molar refractivity (Wildman–Crippen MR) is 81.1 cm³/mol. The Hall–Kier alpha value is -1.81. The van der Waals surface area contributed by atoms with Crippen LogP contribution in [-0.4, -0.2) is 23.2 Å². The van der Waals surface area contributed by atoms with Crippen molar-refractivity contribution < 1.29 is 14.6 Å². The molecule has 0 unspecified atom stereocenters. The number of benzene rings is 1. The van der Waals surface area contributed by atoms with E-state index >= 15 is 0 Å². The molecule has 0 bridgehead atoms. The average Bonchev–Trinajstić information content (AvgIpc) is 2.98. The number of halogens is 1. The first kappa shape index (κ1) is 14.1. The summed E-state index contributed by atoms with van der Waals surface area (Å²) in [6.45, 7) is 0. The fourth-order valence-corrected chi connectivity index (χ4v) is 3.61. The SMILES string of the molecule is COc1ccc2c(Cl)c(C3(C(=O)O)CCCC3)ccc2n1. The number of hydrogen-bond acceptors (Lipinski definition) is 3. The molecule has 1 aromatic carbocycles. The van der Waals surface area contributed by atoms with Crippen molar-refractivity contribution in [1.82, 2.24) is 4.98 Å². The highest BCUT2D eigenvalue weighted by Gasteiger charge is 2.44. The number of fused-ring (bicyclic) bond motifs is 1. The van der Waals surface area contributed by atoms with Crippen molar-refractivity contribution in [3.8, 4) is 5.88 Å². The third-order valence-corrected chi connectivity index (χ3v) is 4.78. The molecule has 1 fully saturated rings. The Morgan fingerprint density at radius 1 is 1.29 bits per heavy atom. The zero-order valence-corrected chi connectivity index (χ0v) is 12.5. The summed E-state index contributed by atoms with van der Waals surface area (Å²) in [6.07, 6.45) is 3.11. The maximum Gasteiger partial charge on any atom is 0.314 e. The van der Waals surface area contributed by atoms with Crippen LogP contribution in [0.25, 0.3) is 10.9 Å². The monoisotopic (exact) mass is 305 g/mol.